The Morgan fingerprint density at radius 3 is 2.68 bits per heavy atom. The number of benzene rings is 1. The summed E-state index contributed by atoms with van der Waals surface area (Å²) in [5.41, 5.74) is 2.08. The Balaban J connectivity index is 1.72. The molecule has 1 aliphatic rings. The first-order valence-corrected chi connectivity index (χ1v) is 7.09. The van der Waals surface area contributed by atoms with Crippen LogP contribution in [0.5, 0.6) is 0 Å². The molecule has 1 N–H and O–H groups in total. The van der Waals surface area contributed by atoms with Gasteiger partial charge in [0, 0.05) is 24.2 Å². The Labute approximate surface area is 115 Å². The first-order chi connectivity index (χ1) is 9.36. The minimum Gasteiger partial charge on any atom is -0.392 e. The Hall–Kier alpha value is -1.79. The van der Waals surface area contributed by atoms with E-state index in [1.54, 1.807) is 0 Å². The second-order valence-corrected chi connectivity index (χ2v) is 5.18. The lowest BCUT2D eigenvalue weighted by Gasteiger charge is -2.00. The van der Waals surface area contributed by atoms with Crippen LogP contribution < -0.4 is 9.47 Å². The molecule has 2 heterocycles. The molecule has 3 rings (SSSR count). The Morgan fingerprint density at radius 1 is 1.21 bits per heavy atom. The summed E-state index contributed by atoms with van der Waals surface area (Å²) in [6.45, 7) is 2.95. The lowest BCUT2D eigenvalue weighted by atomic mass is 10.3. The molecule has 6 heteroatoms. The van der Waals surface area contributed by atoms with Crippen molar-refractivity contribution >= 4 is 27.8 Å². The van der Waals surface area contributed by atoms with Gasteiger partial charge in [-0.05, 0) is 40.7 Å². The van der Waals surface area contributed by atoms with Crippen LogP contribution in [0.1, 0.15) is 0 Å². The maximum absolute atomic E-state index is 8.94. The summed E-state index contributed by atoms with van der Waals surface area (Å²) in [6.07, 6.45) is 1.90. The van der Waals surface area contributed by atoms with Gasteiger partial charge in [0.15, 0.2) is 0 Å². The number of rotatable bonds is 5. The molecule has 1 aliphatic heterocycles. The molecular weight excluding hydrogens is 260 g/mol. The van der Waals surface area contributed by atoms with Gasteiger partial charge in [-0.15, -0.1) is 0 Å². The van der Waals surface area contributed by atoms with E-state index < -0.39 is 0 Å². The fraction of sp³-hybridized carbons (Fsp3) is 0.308. The van der Waals surface area contributed by atoms with Crippen LogP contribution in [0.3, 0.4) is 0 Å². The lowest BCUT2D eigenvalue weighted by molar-refractivity contribution is -0.681. The van der Waals surface area contributed by atoms with Crippen molar-refractivity contribution in [3.8, 4) is 0 Å². The summed E-state index contributed by atoms with van der Waals surface area (Å²) >= 11 is 1.51. The molecule has 1 aromatic heterocycles. The third-order valence-electron chi connectivity index (χ3n) is 2.91. The number of nitrogens with zero attached hydrogens (tertiary/aromatic N) is 4. The normalized spacial score (nSPS) is 14.3. The zero-order valence-corrected chi connectivity index (χ0v) is 11.3. The van der Waals surface area contributed by atoms with E-state index in [2.05, 4.69) is 27.3 Å². The zero-order valence-electron chi connectivity index (χ0n) is 10.4. The van der Waals surface area contributed by atoms with Crippen LogP contribution in [-0.2, 0) is 6.54 Å². The predicted molar refractivity (Wildman–Crippen MR) is 74.4 cm³/mol. The zero-order chi connectivity index (χ0) is 13.1. The molecule has 0 atom stereocenters. The number of thiazole rings is 1. The molecule has 0 spiro atoms. The number of azo groups is 1. The van der Waals surface area contributed by atoms with Crippen molar-refractivity contribution in [2.24, 2.45) is 10.2 Å². The molecule has 1 aromatic carbocycles. The van der Waals surface area contributed by atoms with Crippen LogP contribution in [-0.4, -0.2) is 24.8 Å². The first kappa shape index (κ1) is 12.3. The van der Waals surface area contributed by atoms with Crippen LogP contribution >= 0.6 is 11.3 Å². The van der Waals surface area contributed by atoms with Crippen LogP contribution in [0.4, 0.5) is 16.5 Å². The molecule has 0 aliphatic carbocycles. The number of aliphatic hydroxyl groups is 1. The highest BCUT2D eigenvalue weighted by Gasteiger charge is 2.17. The third kappa shape index (κ3) is 2.97. The number of hydrogen-bond donors (Lipinski definition) is 1. The Morgan fingerprint density at radius 2 is 2.00 bits per heavy atom. The molecule has 98 valence electrons. The molecule has 0 saturated carbocycles. The fourth-order valence-electron chi connectivity index (χ4n) is 1.79. The van der Waals surface area contributed by atoms with Crippen molar-refractivity contribution in [3.63, 3.8) is 0 Å². The molecule has 1 saturated heterocycles. The second-order valence-electron chi connectivity index (χ2n) is 4.31. The maximum atomic E-state index is 8.94. The summed E-state index contributed by atoms with van der Waals surface area (Å²) in [5.74, 6) is 0. The molecule has 0 radical (unpaired) electrons. The average molecular weight is 275 g/mol. The van der Waals surface area contributed by atoms with E-state index in [1.807, 2.05) is 28.3 Å². The first-order valence-electron chi connectivity index (χ1n) is 6.21. The van der Waals surface area contributed by atoms with Crippen molar-refractivity contribution in [2.75, 3.05) is 24.6 Å². The molecule has 2 aromatic rings. The van der Waals surface area contributed by atoms with Gasteiger partial charge in [-0.25, -0.2) is 4.57 Å². The third-order valence-corrected chi connectivity index (χ3v) is 3.70. The van der Waals surface area contributed by atoms with Crippen molar-refractivity contribution in [1.82, 2.24) is 0 Å². The largest absolute Gasteiger partial charge is 0.408 e. The van der Waals surface area contributed by atoms with Crippen molar-refractivity contribution in [3.05, 3.63) is 35.8 Å². The topological polar surface area (TPSA) is 51.8 Å². The van der Waals surface area contributed by atoms with Crippen molar-refractivity contribution < 1.29 is 9.67 Å². The summed E-state index contributed by atoms with van der Waals surface area (Å²) in [4.78, 5) is 2.29. The molecule has 5 nitrogen and oxygen atoms in total. The van der Waals surface area contributed by atoms with Crippen LogP contribution in [0, 0.1) is 0 Å². The van der Waals surface area contributed by atoms with E-state index in [1.165, 1.54) is 17.0 Å². The second kappa shape index (κ2) is 5.46. The summed E-state index contributed by atoms with van der Waals surface area (Å²) < 4.78 is 1.89. The van der Waals surface area contributed by atoms with Crippen molar-refractivity contribution in [1.29, 1.82) is 0 Å². The lowest BCUT2D eigenvalue weighted by Crippen LogP contribution is -2.32. The van der Waals surface area contributed by atoms with Gasteiger partial charge < -0.3 is 10.0 Å². The maximum Gasteiger partial charge on any atom is 0.408 e. The monoisotopic (exact) mass is 275 g/mol. The molecular formula is C13H15N4OS+. The molecule has 0 unspecified atom stereocenters. The van der Waals surface area contributed by atoms with Crippen LogP contribution in [0.15, 0.2) is 46.1 Å². The van der Waals surface area contributed by atoms with Gasteiger partial charge in [-0.3, -0.25) is 0 Å². The molecule has 0 bridgehead atoms. The highest BCUT2D eigenvalue weighted by molar-refractivity contribution is 7.12. The van der Waals surface area contributed by atoms with Crippen LogP contribution in [0.2, 0.25) is 0 Å². The van der Waals surface area contributed by atoms with E-state index >= 15 is 0 Å². The minimum atomic E-state index is 0.106. The van der Waals surface area contributed by atoms with E-state index in [9.17, 15) is 0 Å². The van der Waals surface area contributed by atoms with Gasteiger partial charge in [0.2, 0.25) is 0 Å². The van der Waals surface area contributed by atoms with E-state index in [-0.39, 0.29) is 6.61 Å². The average Bonchev–Trinajstić information content (AvgIpc) is 3.19. The quantitative estimate of drug-likeness (QED) is 0.517. The summed E-state index contributed by atoms with van der Waals surface area (Å²) in [6, 6.07) is 8.08. The fourth-order valence-corrected chi connectivity index (χ4v) is 2.50. The van der Waals surface area contributed by atoms with Gasteiger partial charge in [0.1, 0.15) is 18.4 Å². The summed E-state index contributed by atoms with van der Waals surface area (Å²) in [7, 11) is 0. The van der Waals surface area contributed by atoms with Gasteiger partial charge >= 0.3 is 5.13 Å². The highest BCUT2D eigenvalue weighted by atomic mass is 32.1. The minimum absolute atomic E-state index is 0.106. The number of anilines is 1. The Kier molecular flexibility index (Phi) is 3.52. The Bertz CT molecular complexity index is 575. The van der Waals surface area contributed by atoms with Crippen LogP contribution in [0.25, 0.3) is 0 Å². The molecule has 1 fully saturated rings. The van der Waals surface area contributed by atoms with Crippen molar-refractivity contribution in [2.45, 2.75) is 6.54 Å². The van der Waals surface area contributed by atoms with E-state index in [0.29, 0.717) is 6.54 Å². The SMILES string of the molecule is OCC[n+]1ccsc1N=Nc1ccc(N2CC2)cc1. The van der Waals surface area contributed by atoms with Gasteiger partial charge in [0.25, 0.3) is 0 Å². The van der Waals surface area contributed by atoms with Gasteiger partial charge in [-0.1, -0.05) is 0 Å². The smallest absolute Gasteiger partial charge is 0.392 e. The molecule has 19 heavy (non-hydrogen) atoms. The predicted octanol–water partition coefficient (Wildman–Crippen LogP) is 2.26. The van der Waals surface area contributed by atoms with Gasteiger partial charge in [-0.2, -0.15) is 0 Å². The highest BCUT2D eigenvalue weighted by Crippen LogP contribution is 2.25. The van der Waals surface area contributed by atoms with Gasteiger partial charge in [0.05, 0.1) is 11.7 Å². The molecule has 0 amide bonds. The van der Waals surface area contributed by atoms with E-state index in [4.69, 9.17) is 5.11 Å². The van der Waals surface area contributed by atoms with E-state index in [0.717, 1.165) is 23.9 Å². The standard InChI is InChI=1S/C13H15N4OS/c18-9-7-17-8-10-19-13(17)15-14-11-1-3-12(4-2-11)16-5-6-16/h1-4,8,10,18H,5-7,9H2/q+1. The number of aromatic nitrogens is 1. The number of hydrogen-bond acceptors (Lipinski definition) is 5. The number of aliphatic hydroxyl groups excluding tert-OH is 1. The summed E-state index contributed by atoms with van der Waals surface area (Å²) in [5, 5.41) is 20.1.